The van der Waals surface area contributed by atoms with Gasteiger partial charge >= 0.3 is 0 Å². The molecule has 0 amide bonds. The molecule has 10 aromatic carbocycles. The zero-order valence-corrected chi connectivity index (χ0v) is 62.9. The highest BCUT2D eigenvalue weighted by Crippen LogP contribution is 2.52. The largest absolute Gasteiger partial charge is 0.310 e. The second-order valence-electron chi connectivity index (χ2n) is 35.2. The number of para-hydroxylation sites is 1. The van der Waals surface area contributed by atoms with Gasteiger partial charge in [-0.2, -0.15) is 0 Å². The Hall–Kier alpha value is -7.53. The molecule has 494 valence electrons. The van der Waals surface area contributed by atoms with E-state index in [2.05, 4.69) is 283 Å². The van der Waals surface area contributed by atoms with Crippen LogP contribution in [0, 0.1) is 0 Å². The molecule has 2 saturated carbocycles. The van der Waals surface area contributed by atoms with Crippen LogP contribution in [-0.4, -0.2) is 42.7 Å². The Morgan fingerprint density at radius 3 is 1.37 bits per heavy atom. The number of rotatable bonds is 8. The van der Waals surface area contributed by atoms with Crippen LogP contribution in [0.4, 0.5) is 17.1 Å². The van der Waals surface area contributed by atoms with Crippen LogP contribution in [0.3, 0.4) is 0 Å². The van der Waals surface area contributed by atoms with E-state index in [1.807, 2.05) is 11.8 Å². The summed E-state index contributed by atoms with van der Waals surface area (Å²) in [4.78, 5) is 5.13. The van der Waals surface area contributed by atoms with Crippen molar-refractivity contribution in [1.82, 2.24) is 4.57 Å². The molecular weight excluding hydrogens is 1220 g/mol. The fourth-order valence-electron chi connectivity index (χ4n) is 16.9. The van der Waals surface area contributed by atoms with Crippen molar-refractivity contribution in [2.24, 2.45) is 0 Å². The molecule has 8 heteroatoms. The third kappa shape index (κ3) is 12.2. The van der Waals surface area contributed by atoms with Gasteiger partial charge in [0.1, 0.15) is 31.4 Å². The van der Waals surface area contributed by atoms with Crippen molar-refractivity contribution in [2.75, 3.05) is 4.90 Å². The van der Waals surface area contributed by atoms with Gasteiger partial charge in [-0.05, 0) is 190 Å². The first-order valence-corrected chi connectivity index (χ1v) is 38.0. The van der Waals surface area contributed by atoms with Crippen molar-refractivity contribution in [2.45, 2.75) is 217 Å². The number of benzene rings is 10. The van der Waals surface area contributed by atoms with Crippen LogP contribution in [-0.2, 0) is 27.1 Å². The van der Waals surface area contributed by atoms with E-state index in [1.165, 1.54) is 174 Å². The summed E-state index contributed by atoms with van der Waals surface area (Å²) in [6.45, 7) is 34.8. The Kier molecular flexibility index (Phi) is 17.2. The molecule has 0 saturated heterocycles. The van der Waals surface area contributed by atoms with Crippen LogP contribution < -0.4 is 43.1 Å². The predicted molar refractivity (Wildman–Crippen MR) is 439 cm³/mol. The number of anilines is 3. The van der Waals surface area contributed by atoms with Gasteiger partial charge in [0.05, 0.1) is 11.2 Å². The fourth-order valence-corrected chi connectivity index (χ4v) is 18.1. The topological polar surface area (TPSA) is 8.17 Å². The van der Waals surface area contributed by atoms with Crippen molar-refractivity contribution in [3.8, 4) is 50.2 Å². The minimum absolute atomic E-state index is 0.0611. The molecular formula is C92H95B5N2S. The Balaban J connectivity index is 1.09. The van der Waals surface area contributed by atoms with Crippen molar-refractivity contribution < 1.29 is 0 Å². The van der Waals surface area contributed by atoms with Crippen LogP contribution in [0.2, 0.25) is 0 Å². The number of fused-ring (bicyclic) bond motifs is 7. The molecule has 15 rings (SSSR count). The zero-order valence-electron chi connectivity index (χ0n) is 62.1. The molecule has 0 bridgehead atoms. The highest BCUT2D eigenvalue weighted by atomic mass is 32.2. The molecule has 8 radical (unpaired) electrons. The quantitative estimate of drug-likeness (QED) is 0.140. The van der Waals surface area contributed by atoms with Crippen LogP contribution >= 0.6 is 11.8 Å². The van der Waals surface area contributed by atoms with Crippen molar-refractivity contribution in [3.05, 3.63) is 209 Å². The summed E-state index contributed by atoms with van der Waals surface area (Å²) >= 11 is 1.89. The molecule has 3 heterocycles. The van der Waals surface area contributed by atoms with Gasteiger partial charge in [0.15, 0.2) is 0 Å². The summed E-state index contributed by atoms with van der Waals surface area (Å²) in [7, 11) is 28.7. The highest BCUT2D eigenvalue weighted by molar-refractivity contribution is 8.00. The van der Waals surface area contributed by atoms with E-state index in [4.69, 9.17) is 31.4 Å². The summed E-state index contributed by atoms with van der Waals surface area (Å²) in [6.07, 6.45) is 12.6. The zero-order chi connectivity index (χ0) is 70.4. The summed E-state index contributed by atoms with van der Waals surface area (Å²) in [5.41, 5.74) is 30.2. The lowest BCUT2D eigenvalue weighted by molar-refractivity contribution is 0.443. The third-order valence-corrected chi connectivity index (χ3v) is 24.2. The molecule has 2 fully saturated rings. The normalized spacial score (nSPS) is 15.6. The van der Waals surface area contributed by atoms with E-state index in [1.54, 1.807) is 0 Å². The van der Waals surface area contributed by atoms with Gasteiger partial charge in [-0.3, -0.25) is 0 Å². The van der Waals surface area contributed by atoms with E-state index >= 15 is 0 Å². The Morgan fingerprint density at radius 1 is 0.380 bits per heavy atom. The van der Waals surface area contributed by atoms with E-state index in [0.717, 1.165) is 44.6 Å². The first-order valence-electron chi connectivity index (χ1n) is 37.2. The maximum absolute atomic E-state index is 7.46. The van der Waals surface area contributed by atoms with Crippen LogP contribution in [0.15, 0.2) is 180 Å². The molecule has 2 aliphatic heterocycles. The van der Waals surface area contributed by atoms with Gasteiger partial charge in [0.2, 0.25) is 6.71 Å². The number of nitrogens with zero attached hydrogens (tertiary/aromatic N) is 2. The number of aromatic nitrogens is 1. The maximum atomic E-state index is 7.46. The molecule has 11 aromatic rings. The Bertz CT molecular complexity index is 4950. The summed E-state index contributed by atoms with van der Waals surface area (Å²) in [6, 6.07) is 67.9. The van der Waals surface area contributed by atoms with Crippen molar-refractivity contribution in [1.29, 1.82) is 0 Å². The molecule has 4 aliphatic rings. The second kappa shape index (κ2) is 25.2. The SMILES string of the molecule is [B]c1c([B])c([B])c2c(c1[B])c1cc(C(C)(C)C)ccc1n2-c1cc2c3c(c1)N(c1c(-c4cccc(C5CCCCC5)c4)cccc1-c1cccc(C4CCCCC4)c1)c1ccc(-c4cc(C(C)(C)C)cc(C(C)(C)C)c4)cc1B3c1cc(-c3cc(C(C)(C)C)cc(C(C)(C)C)c3)ccc1S2. The van der Waals surface area contributed by atoms with Gasteiger partial charge in [-0.15, -0.1) is 10.9 Å². The fraction of sp³-hybridized carbons (Fsp3) is 0.348. The van der Waals surface area contributed by atoms with Crippen LogP contribution in [0.25, 0.3) is 72.0 Å². The monoisotopic (exact) mass is 1310 g/mol. The molecule has 0 unspecified atom stereocenters. The first kappa shape index (κ1) is 68.3. The lowest BCUT2D eigenvalue weighted by Gasteiger charge is -2.42. The molecule has 100 heavy (non-hydrogen) atoms. The van der Waals surface area contributed by atoms with Crippen molar-refractivity contribution in [3.63, 3.8) is 0 Å². The Labute approximate surface area is 608 Å². The van der Waals surface area contributed by atoms with Crippen LogP contribution in [0.5, 0.6) is 0 Å². The van der Waals surface area contributed by atoms with Crippen LogP contribution in [0.1, 0.15) is 219 Å². The molecule has 2 aliphatic carbocycles. The highest BCUT2D eigenvalue weighted by Gasteiger charge is 2.44. The van der Waals surface area contributed by atoms with Gasteiger partial charge < -0.3 is 9.47 Å². The second-order valence-corrected chi connectivity index (χ2v) is 36.3. The standard InChI is InChI=1S/C92H95B5N2S/c1-88(2,3)64-37-39-75-72(51-64)80-81(93)82(94)83(95)84(96)87(80)98(75)69-52-77-85-79(53-69)100-78-40-36-59(63-45-67(91(10,11)12)50-68(46-63)92(13,14)15)48-74(78)97(85)73-47-58(62-43-65(89(4,5)6)49-66(44-62)90(7,8)9)35-38-76(73)99(77)86-70(60-31-22-29-56(41-60)54-25-18-16-19-26-54)33-24-34-71(86)61-32-23-30-57(42-61)55-27-20-17-21-28-55/h22-24,29-55H,16-21,25-28H2,1-15H3. The minimum atomic E-state index is -0.189. The predicted octanol–water partition coefficient (Wildman–Crippen LogP) is 20.0. The van der Waals surface area contributed by atoms with Gasteiger partial charge in [-0.25, -0.2) is 0 Å². The smallest absolute Gasteiger partial charge is 0.249 e. The molecule has 0 N–H and O–H groups in total. The third-order valence-electron chi connectivity index (χ3n) is 23.0. The summed E-state index contributed by atoms with van der Waals surface area (Å²) < 4.78 is 2.35. The van der Waals surface area contributed by atoms with Gasteiger partial charge in [0, 0.05) is 48.9 Å². The Morgan fingerprint density at radius 2 is 0.860 bits per heavy atom. The van der Waals surface area contributed by atoms with Crippen molar-refractivity contribution >= 4 is 127 Å². The lowest BCUT2D eigenvalue weighted by atomic mass is 9.34. The average Bonchev–Trinajstić information content (AvgIpc) is 1.28. The van der Waals surface area contributed by atoms with E-state index in [9.17, 15) is 0 Å². The maximum Gasteiger partial charge on any atom is 0.249 e. The minimum Gasteiger partial charge on any atom is -0.310 e. The number of hydrogen-bond acceptors (Lipinski definition) is 2. The van der Waals surface area contributed by atoms with E-state index < -0.39 is 0 Å². The first-order chi connectivity index (χ1) is 47.4. The molecule has 0 atom stereocenters. The molecule has 0 spiro atoms. The summed E-state index contributed by atoms with van der Waals surface area (Å²) in [5, 5.41) is 1.80. The molecule has 1 aromatic heterocycles. The van der Waals surface area contributed by atoms with E-state index in [0.29, 0.717) is 33.7 Å². The average molecular weight is 1310 g/mol. The van der Waals surface area contributed by atoms with Gasteiger partial charge in [0.25, 0.3) is 0 Å². The van der Waals surface area contributed by atoms with E-state index in [-0.39, 0.29) is 33.8 Å². The summed E-state index contributed by atoms with van der Waals surface area (Å²) in [5.74, 6) is 1.05. The van der Waals surface area contributed by atoms with Gasteiger partial charge in [-0.1, -0.05) is 304 Å². The lowest BCUT2D eigenvalue weighted by Crippen LogP contribution is -2.60. The molecule has 2 nitrogen and oxygen atoms in total. The number of hydrogen-bond donors (Lipinski definition) is 0.